The molecule has 1 N–H and O–H groups in total. The highest BCUT2D eigenvalue weighted by atomic mass is 35.5. The van der Waals surface area contributed by atoms with Crippen LogP contribution in [-0.2, 0) is 11.2 Å². The maximum atomic E-state index is 13.7. The fourth-order valence-electron chi connectivity index (χ4n) is 2.60. The average Bonchev–Trinajstić information content (AvgIpc) is 2.65. The predicted molar refractivity (Wildman–Crippen MR) is 100.0 cm³/mol. The van der Waals surface area contributed by atoms with Gasteiger partial charge < -0.3 is 10.1 Å². The fraction of sp³-hybridized carbons (Fsp3) is 0.200. The molecule has 3 rings (SSSR count). The minimum atomic E-state index is -0.473. The van der Waals surface area contributed by atoms with E-state index in [1.54, 1.807) is 12.3 Å². The van der Waals surface area contributed by atoms with E-state index in [-0.39, 0.29) is 22.9 Å². The number of nitrogens with zero attached hydrogens (tertiary/aromatic N) is 1. The van der Waals surface area contributed by atoms with Crippen LogP contribution in [0.25, 0.3) is 10.9 Å². The summed E-state index contributed by atoms with van der Waals surface area (Å²) >= 11 is 5.93. The molecule has 2 aromatic carbocycles. The van der Waals surface area contributed by atoms with E-state index in [4.69, 9.17) is 16.3 Å². The molecule has 1 amide bonds. The molecule has 0 bridgehead atoms. The lowest BCUT2D eigenvalue weighted by Crippen LogP contribution is -2.27. The van der Waals surface area contributed by atoms with E-state index in [1.807, 2.05) is 30.3 Å². The lowest BCUT2D eigenvalue weighted by molar-refractivity contribution is -0.120. The number of benzene rings is 2. The Hall–Kier alpha value is -2.66. The Morgan fingerprint density at radius 3 is 2.81 bits per heavy atom. The van der Waals surface area contributed by atoms with Crippen LogP contribution in [0.4, 0.5) is 4.39 Å². The number of nitrogens with one attached hydrogen (secondary N) is 1. The third-order valence-electron chi connectivity index (χ3n) is 3.90. The summed E-state index contributed by atoms with van der Waals surface area (Å²) in [5.41, 5.74) is 1.03. The molecule has 0 saturated heterocycles. The first-order valence-electron chi connectivity index (χ1n) is 8.31. The number of para-hydroxylation sites is 1. The van der Waals surface area contributed by atoms with Crippen molar-refractivity contribution in [3.8, 4) is 5.75 Å². The van der Waals surface area contributed by atoms with E-state index in [0.29, 0.717) is 25.3 Å². The van der Waals surface area contributed by atoms with E-state index in [0.717, 1.165) is 10.9 Å². The van der Waals surface area contributed by atoms with Crippen molar-refractivity contribution in [2.75, 3.05) is 13.2 Å². The fourth-order valence-corrected chi connectivity index (χ4v) is 2.83. The molecule has 0 saturated carbocycles. The van der Waals surface area contributed by atoms with Gasteiger partial charge in [-0.1, -0.05) is 35.9 Å². The SMILES string of the molecule is O=C(Cc1c(F)cccc1Cl)NCCCOc1cccc2cccnc12. The van der Waals surface area contributed by atoms with Gasteiger partial charge in [0.05, 0.1) is 13.0 Å². The normalized spacial score (nSPS) is 10.7. The second kappa shape index (κ2) is 8.63. The van der Waals surface area contributed by atoms with Crippen LogP contribution in [0.3, 0.4) is 0 Å². The number of hydrogen-bond donors (Lipinski definition) is 1. The van der Waals surface area contributed by atoms with Crippen LogP contribution in [0, 0.1) is 5.82 Å². The Bertz CT molecular complexity index is 892. The molecule has 0 atom stereocenters. The zero-order valence-corrected chi connectivity index (χ0v) is 14.8. The molecule has 0 aliphatic heterocycles. The van der Waals surface area contributed by atoms with Crippen molar-refractivity contribution in [2.24, 2.45) is 0 Å². The van der Waals surface area contributed by atoms with Crippen LogP contribution in [0.2, 0.25) is 5.02 Å². The van der Waals surface area contributed by atoms with Crippen molar-refractivity contribution in [3.05, 3.63) is 71.1 Å². The number of pyridine rings is 1. The zero-order chi connectivity index (χ0) is 18.4. The lowest BCUT2D eigenvalue weighted by Gasteiger charge is -2.10. The summed E-state index contributed by atoms with van der Waals surface area (Å²) in [6.07, 6.45) is 2.27. The second-order valence-electron chi connectivity index (χ2n) is 5.76. The molecule has 1 heterocycles. The first kappa shape index (κ1) is 18.1. The number of fused-ring (bicyclic) bond motifs is 1. The van der Waals surface area contributed by atoms with Crippen molar-refractivity contribution >= 4 is 28.4 Å². The predicted octanol–water partition coefficient (Wildman–Crippen LogP) is 4.16. The van der Waals surface area contributed by atoms with Gasteiger partial charge in [-0.25, -0.2) is 4.39 Å². The molecule has 134 valence electrons. The summed E-state index contributed by atoms with van der Waals surface area (Å²) < 4.78 is 19.4. The number of amides is 1. The minimum Gasteiger partial charge on any atom is -0.491 e. The first-order valence-corrected chi connectivity index (χ1v) is 8.69. The maximum absolute atomic E-state index is 13.7. The van der Waals surface area contributed by atoms with Crippen LogP contribution < -0.4 is 10.1 Å². The molecule has 26 heavy (non-hydrogen) atoms. The molecule has 0 aliphatic carbocycles. The van der Waals surface area contributed by atoms with Crippen LogP contribution in [-0.4, -0.2) is 24.0 Å². The molecule has 0 spiro atoms. The van der Waals surface area contributed by atoms with Gasteiger partial charge in [-0.05, 0) is 30.7 Å². The first-order chi connectivity index (χ1) is 12.6. The summed E-state index contributed by atoms with van der Waals surface area (Å²) in [6.45, 7) is 0.875. The van der Waals surface area contributed by atoms with Gasteiger partial charge in [-0.2, -0.15) is 0 Å². The molecule has 0 aliphatic rings. The summed E-state index contributed by atoms with van der Waals surface area (Å²) in [6, 6.07) is 14.0. The molecule has 6 heteroatoms. The Morgan fingerprint density at radius 1 is 1.15 bits per heavy atom. The van der Waals surface area contributed by atoms with E-state index < -0.39 is 5.82 Å². The molecule has 0 fully saturated rings. The van der Waals surface area contributed by atoms with Gasteiger partial charge in [0.25, 0.3) is 0 Å². The monoisotopic (exact) mass is 372 g/mol. The molecular formula is C20H18ClFN2O2. The largest absolute Gasteiger partial charge is 0.491 e. The standard InChI is InChI=1S/C20H18ClFN2O2/c21-16-7-2-8-17(22)15(16)13-19(25)23-11-4-12-26-18-9-1-5-14-6-3-10-24-20(14)18/h1-3,5-10H,4,11-13H2,(H,23,25). The number of rotatable bonds is 7. The minimum absolute atomic E-state index is 0.0837. The zero-order valence-electron chi connectivity index (χ0n) is 14.0. The number of ether oxygens (including phenoxy) is 1. The third kappa shape index (κ3) is 4.49. The highest BCUT2D eigenvalue weighted by Gasteiger charge is 2.11. The van der Waals surface area contributed by atoms with E-state index in [9.17, 15) is 9.18 Å². The van der Waals surface area contributed by atoms with Crippen molar-refractivity contribution in [2.45, 2.75) is 12.8 Å². The summed E-state index contributed by atoms with van der Waals surface area (Å²) in [5, 5.41) is 4.02. The van der Waals surface area contributed by atoms with Crippen molar-refractivity contribution in [1.29, 1.82) is 0 Å². The Balaban J connectivity index is 1.45. The topological polar surface area (TPSA) is 51.2 Å². The smallest absolute Gasteiger partial charge is 0.224 e. The van der Waals surface area contributed by atoms with Gasteiger partial charge in [0.15, 0.2) is 0 Å². The molecule has 4 nitrogen and oxygen atoms in total. The highest BCUT2D eigenvalue weighted by Crippen LogP contribution is 2.23. The Kier molecular flexibility index (Phi) is 6.02. The van der Waals surface area contributed by atoms with Crippen LogP contribution in [0.1, 0.15) is 12.0 Å². The molecule has 0 unspecified atom stereocenters. The summed E-state index contributed by atoms with van der Waals surface area (Å²) in [5.74, 6) is -0.0316. The van der Waals surface area contributed by atoms with Gasteiger partial charge in [0, 0.05) is 28.7 Å². The van der Waals surface area contributed by atoms with Crippen LogP contribution >= 0.6 is 11.6 Å². The van der Waals surface area contributed by atoms with E-state index >= 15 is 0 Å². The van der Waals surface area contributed by atoms with Crippen molar-refractivity contribution in [1.82, 2.24) is 10.3 Å². The number of hydrogen-bond acceptors (Lipinski definition) is 3. The molecule has 1 aromatic heterocycles. The molecule has 3 aromatic rings. The Labute approximate surface area is 156 Å². The highest BCUT2D eigenvalue weighted by molar-refractivity contribution is 6.31. The van der Waals surface area contributed by atoms with Crippen molar-refractivity contribution in [3.63, 3.8) is 0 Å². The van der Waals surface area contributed by atoms with Crippen molar-refractivity contribution < 1.29 is 13.9 Å². The lowest BCUT2D eigenvalue weighted by atomic mass is 10.1. The van der Waals surface area contributed by atoms with Crippen LogP contribution in [0.5, 0.6) is 5.75 Å². The third-order valence-corrected chi connectivity index (χ3v) is 4.25. The van der Waals surface area contributed by atoms with Gasteiger partial charge >= 0.3 is 0 Å². The van der Waals surface area contributed by atoms with E-state index in [1.165, 1.54) is 12.1 Å². The quantitative estimate of drug-likeness (QED) is 0.634. The summed E-state index contributed by atoms with van der Waals surface area (Å²) in [4.78, 5) is 16.3. The summed E-state index contributed by atoms with van der Waals surface area (Å²) in [7, 11) is 0. The second-order valence-corrected chi connectivity index (χ2v) is 6.17. The number of halogens is 2. The van der Waals surface area contributed by atoms with Gasteiger partial charge in [0.2, 0.25) is 5.91 Å². The maximum Gasteiger partial charge on any atom is 0.224 e. The van der Waals surface area contributed by atoms with Gasteiger partial charge in [0.1, 0.15) is 17.1 Å². The van der Waals surface area contributed by atoms with Crippen LogP contribution in [0.15, 0.2) is 54.7 Å². The number of aromatic nitrogens is 1. The molecular weight excluding hydrogens is 355 g/mol. The number of carbonyl (C=O) groups excluding carboxylic acids is 1. The molecule has 0 radical (unpaired) electrons. The Morgan fingerprint density at radius 2 is 1.96 bits per heavy atom. The van der Waals surface area contributed by atoms with Gasteiger partial charge in [-0.3, -0.25) is 9.78 Å². The number of carbonyl (C=O) groups is 1. The van der Waals surface area contributed by atoms with Gasteiger partial charge in [-0.15, -0.1) is 0 Å². The van der Waals surface area contributed by atoms with E-state index in [2.05, 4.69) is 10.3 Å². The average molecular weight is 373 g/mol.